The quantitative estimate of drug-likeness (QED) is 0.740. The van der Waals surface area contributed by atoms with Crippen molar-refractivity contribution in [3.63, 3.8) is 0 Å². The molecule has 0 unspecified atom stereocenters. The molecule has 0 atom stereocenters. The highest BCUT2D eigenvalue weighted by Crippen LogP contribution is 2.33. The number of hydrogen-bond acceptors (Lipinski definition) is 6. The summed E-state index contributed by atoms with van der Waals surface area (Å²) in [5, 5.41) is 6.79. The van der Waals surface area contributed by atoms with Crippen molar-refractivity contribution in [1.29, 1.82) is 0 Å². The number of benzene rings is 1. The number of nitrogens with one attached hydrogen (secondary N) is 2. The standard InChI is InChI=1S/C23H35N5O/c1-22(2)11-19(12-23(3,4)27-22)28(15-17-7-9-20(29-6)10-8-17)16-18-13-25-21(24-5)26-14-18/h7-10,13-14,19,27H,11-12,15-16H2,1-6H3,(H,24,25,26). The van der Waals surface area contributed by atoms with Gasteiger partial charge in [-0.05, 0) is 58.2 Å². The number of ether oxygens (including phenoxy) is 1. The van der Waals surface area contributed by atoms with E-state index in [1.54, 1.807) is 7.11 Å². The van der Waals surface area contributed by atoms with E-state index in [4.69, 9.17) is 4.74 Å². The Labute approximate surface area is 175 Å². The Morgan fingerprint density at radius 2 is 1.55 bits per heavy atom. The summed E-state index contributed by atoms with van der Waals surface area (Å²) in [7, 11) is 3.54. The molecule has 1 aromatic carbocycles. The van der Waals surface area contributed by atoms with Crippen molar-refractivity contribution in [2.24, 2.45) is 0 Å². The lowest BCUT2D eigenvalue weighted by atomic mass is 9.79. The first kappa shape index (κ1) is 21.5. The van der Waals surface area contributed by atoms with Crippen molar-refractivity contribution in [2.45, 2.75) is 70.7 Å². The van der Waals surface area contributed by atoms with Gasteiger partial charge in [-0.3, -0.25) is 4.90 Å². The predicted molar refractivity (Wildman–Crippen MR) is 118 cm³/mol. The van der Waals surface area contributed by atoms with Crippen LogP contribution in [0.3, 0.4) is 0 Å². The number of hydrogen-bond donors (Lipinski definition) is 2. The molecule has 1 aliphatic rings. The fourth-order valence-corrected chi connectivity index (χ4v) is 4.61. The molecule has 2 N–H and O–H groups in total. The third kappa shape index (κ3) is 5.90. The highest BCUT2D eigenvalue weighted by molar-refractivity contribution is 5.27. The van der Waals surface area contributed by atoms with Gasteiger partial charge in [-0.1, -0.05) is 12.1 Å². The zero-order chi connectivity index (χ0) is 21.1. The lowest BCUT2D eigenvalue weighted by molar-refractivity contribution is 0.0562. The monoisotopic (exact) mass is 397 g/mol. The van der Waals surface area contributed by atoms with E-state index in [-0.39, 0.29) is 11.1 Å². The SMILES string of the molecule is CNc1ncc(CN(Cc2ccc(OC)cc2)C2CC(C)(C)NC(C)(C)C2)cn1. The molecule has 1 aromatic heterocycles. The molecule has 1 saturated heterocycles. The van der Waals surface area contributed by atoms with Crippen molar-refractivity contribution < 1.29 is 4.74 Å². The fraction of sp³-hybridized carbons (Fsp3) is 0.565. The van der Waals surface area contributed by atoms with Crippen LogP contribution in [0, 0.1) is 0 Å². The minimum atomic E-state index is 0.0943. The lowest BCUT2D eigenvalue weighted by Crippen LogP contribution is -2.62. The number of piperidine rings is 1. The van der Waals surface area contributed by atoms with E-state index in [9.17, 15) is 0 Å². The zero-order valence-corrected chi connectivity index (χ0v) is 18.6. The van der Waals surface area contributed by atoms with E-state index < -0.39 is 0 Å². The van der Waals surface area contributed by atoms with Gasteiger partial charge >= 0.3 is 0 Å². The first-order valence-corrected chi connectivity index (χ1v) is 10.3. The first-order chi connectivity index (χ1) is 13.7. The summed E-state index contributed by atoms with van der Waals surface area (Å²) in [6, 6.07) is 8.85. The van der Waals surface area contributed by atoms with Crippen LogP contribution in [0.5, 0.6) is 5.75 Å². The van der Waals surface area contributed by atoms with E-state index in [1.807, 2.05) is 31.6 Å². The number of anilines is 1. The molecule has 1 fully saturated rings. The van der Waals surface area contributed by atoms with Crippen LogP contribution in [0.2, 0.25) is 0 Å². The average Bonchev–Trinajstić information content (AvgIpc) is 2.66. The molecule has 3 rings (SSSR count). The van der Waals surface area contributed by atoms with Crippen LogP contribution in [-0.4, -0.2) is 46.1 Å². The Morgan fingerprint density at radius 1 is 1.00 bits per heavy atom. The molecule has 0 saturated carbocycles. The van der Waals surface area contributed by atoms with Gasteiger partial charge in [0.2, 0.25) is 5.95 Å². The summed E-state index contributed by atoms with van der Waals surface area (Å²) in [6.45, 7) is 10.9. The zero-order valence-electron chi connectivity index (χ0n) is 18.6. The Kier molecular flexibility index (Phi) is 6.44. The van der Waals surface area contributed by atoms with Crippen molar-refractivity contribution in [2.75, 3.05) is 19.5 Å². The number of methoxy groups -OCH3 is 1. The van der Waals surface area contributed by atoms with Gasteiger partial charge in [-0.25, -0.2) is 9.97 Å². The minimum Gasteiger partial charge on any atom is -0.497 e. The molecule has 6 heteroatoms. The number of rotatable bonds is 7. The molecule has 0 aliphatic carbocycles. The maximum atomic E-state index is 5.32. The topological polar surface area (TPSA) is 62.3 Å². The molecule has 0 bridgehead atoms. The molecular formula is C23H35N5O. The molecule has 2 aromatic rings. The second kappa shape index (κ2) is 8.67. The van der Waals surface area contributed by atoms with Crippen molar-refractivity contribution >= 4 is 5.95 Å². The van der Waals surface area contributed by atoms with E-state index >= 15 is 0 Å². The summed E-state index contributed by atoms with van der Waals surface area (Å²) in [6.07, 6.45) is 6.05. The molecule has 0 spiro atoms. The highest BCUT2D eigenvalue weighted by Gasteiger charge is 2.39. The molecule has 2 heterocycles. The maximum absolute atomic E-state index is 5.32. The van der Waals surface area contributed by atoms with Gasteiger partial charge in [0.25, 0.3) is 0 Å². The number of aromatic nitrogens is 2. The average molecular weight is 398 g/mol. The lowest BCUT2D eigenvalue weighted by Gasteiger charge is -2.49. The highest BCUT2D eigenvalue weighted by atomic mass is 16.5. The minimum absolute atomic E-state index is 0.0943. The van der Waals surface area contributed by atoms with Crippen LogP contribution in [0.25, 0.3) is 0 Å². The van der Waals surface area contributed by atoms with Crippen molar-refractivity contribution in [3.8, 4) is 5.75 Å². The molecule has 29 heavy (non-hydrogen) atoms. The molecule has 158 valence electrons. The largest absolute Gasteiger partial charge is 0.497 e. The van der Waals surface area contributed by atoms with Crippen molar-refractivity contribution in [1.82, 2.24) is 20.2 Å². The Hall–Kier alpha value is -2.18. The van der Waals surface area contributed by atoms with E-state index in [0.29, 0.717) is 12.0 Å². The van der Waals surface area contributed by atoms with E-state index in [0.717, 1.165) is 37.2 Å². The van der Waals surface area contributed by atoms with Crippen LogP contribution in [0.15, 0.2) is 36.7 Å². The normalized spacial score (nSPS) is 18.6. The second-order valence-electron chi connectivity index (χ2n) is 9.37. The molecule has 6 nitrogen and oxygen atoms in total. The molecule has 0 amide bonds. The van der Waals surface area contributed by atoms with Gasteiger partial charge in [-0.15, -0.1) is 0 Å². The summed E-state index contributed by atoms with van der Waals surface area (Å²) in [5.41, 5.74) is 2.60. The second-order valence-corrected chi connectivity index (χ2v) is 9.37. The third-order valence-electron chi connectivity index (χ3n) is 5.54. The van der Waals surface area contributed by atoms with Crippen LogP contribution in [0.1, 0.15) is 51.7 Å². The van der Waals surface area contributed by atoms with Gasteiger partial charge < -0.3 is 15.4 Å². The summed E-state index contributed by atoms with van der Waals surface area (Å²) in [5.74, 6) is 1.54. The van der Waals surface area contributed by atoms with Crippen LogP contribution < -0.4 is 15.4 Å². The fourth-order valence-electron chi connectivity index (χ4n) is 4.61. The van der Waals surface area contributed by atoms with Gasteiger partial charge in [0, 0.05) is 55.2 Å². The van der Waals surface area contributed by atoms with E-state index in [1.165, 1.54) is 5.56 Å². The predicted octanol–water partition coefficient (Wildman–Crippen LogP) is 3.84. The smallest absolute Gasteiger partial charge is 0.222 e. The van der Waals surface area contributed by atoms with Gasteiger partial charge in [-0.2, -0.15) is 0 Å². The summed E-state index contributed by atoms with van der Waals surface area (Å²) in [4.78, 5) is 11.4. The van der Waals surface area contributed by atoms with Crippen LogP contribution >= 0.6 is 0 Å². The Bertz CT molecular complexity index is 720. The van der Waals surface area contributed by atoms with Gasteiger partial charge in [0.1, 0.15) is 5.75 Å². The van der Waals surface area contributed by atoms with Crippen molar-refractivity contribution in [3.05, 3.63) is 47.8 Å². The molecule has 0 radical (unpaired) electrons. The third-order valence-corrected chi connectivity index (χ3v) is 5.54. The van der Waals surface area contributed by atoms with Gasteiger partial charge in [0.15, 0.2) is 0 Å². The summed E-state index contributed by atoms with van der Waals surface area (Å²) >= 11 is 0. The summed E-state index contributed by atoms with van der Waals surface area (Å²) < 4.78 is 5.32. The Morgan fingerprint density at radius 3 is 2.07 bits per heavy atom. The number of nitrogens with zero attached hydrogens (tertiary/aromatic N) is 3. The van der Waals surface area contributed by atoms with Crippen LogP contribution in [-0.2, 0) is 13.1 Å². The Balaban J connectivity index is 1.84. The van der Waals surface area contributed by atoms with Crippen LogP contribution in [0.4, 0.5) is 5.95 Å². The molecule has 1 aliphatic heterocycles. The van der Waals surface area contributed by atoms with E-state index in [2.05, 4.69) is 65.3 Å². The maximum Gasteiger partial charge on any atom is 0.222 e. The molecular weight excluding hydrogens is 362 g/mol. The van der Waals surface area contributed by atoms with Gasteiger partial charge in [0.05, 0.1) is 7.11 Å². The first-order valence-electron chi connectivity index (χ1n) is 10.3.